The molecule has 12 heavy (non-hydrogen) atoms. The van der Waals surface area contributed by atoms with Gasteiger partial charge >= 0.3 is 0 Å². The second kappa shape index (κ2) is 2.68. The van der Waals surface area contributed by atoms with E-state index in [1.165, 1.54) is 0 Å². The number of rotatable bonds is 1. The highest BCUT2D eigenvalue weighted by molar-refractivity contribution is 6.31. The van der Waals surface area contributed by atoms with Gasteiger partial charge in [-0.1, -0.05) is 11.6 Å². The minimum Gasteiger partial charge on any atom is -0.491 e. The summed E-state index contributed by atoms with van der Waals surface area (Å²) >= 11 is 5.76. The molecule has 4 heteroatoms. The van der Waals surface area contributed by atoms with E-state index in [9.17, 15) is 0 Å². The number of halogens is 1. The number of nitrogens with one attached hydrogen (secondary N) is 1. The van der Waals surface area contributed by atoms with Crippen LogP contribution in [-0.4, -0.2) is 17.0 Å². The van der Waals surface area contributed by atoms with E-state index in [2.05, 4.69) is 9.97 Å². The molecule has 0 aliphatic carbocycles. The van der Waals surface area contributed by atoms with Crippen LogP contribution in [0.1, 0.15) is 4.11 Å². The lowest BCUT2D eigenvalue weighted by atomic mass is 10.3. The lowest BCUT2D eigenvalue weighted by molar-refractivity contribution is 0.417. The summed E-state index contributed by atoms with van der Waals surface area (Å²) < 4.78 is 25.8. The number of fused-ring (bicyclic) bond motifs is 1. The molecule has 2 heterocycles. The highest BCUT2D eigenvalue weighted by Crippen LogP contribution is 2.29. The van der Waals surface area contributed by atoms with Gasteiger partial charge in [-0.05, 0) is 6.07 Å². The number of H-pyrrole nitrogens is 1. The van der Waals surface area contributed by atoms with Crippen LogP contribution in [0.2, 0.25) is 5.15 Å². The molecule has 62 valence electrons. The first-order chi connectivity index (χ1) is 6.97. The standard InChI is InChI=1S/C8H7ClN2O/c1-12-7-6-5(2-3-10-6)4-11-8(7)9/h2-4,10H,1H3/i1D3. The largest absolute Gasteiger partial charge is 0.491 e. The molecule has 0 bridgehead atoms. The van der Waals surface area contributed by atoms with Crippen LogP contribution in [0.3, 0.4) is 0 Å². The molecule has 2 aromatic rings. The van der Waals surface area contributed by atoms with Crippen LogP contribution in [0.15, 0.2) is 18.5 Å². The van der Waals surface area contributed by atoms with E-state index in [1.54, 1.807) is 18.5 Å². The van der Waals surface area contributed by atoms with Crippen LogP contribution in [0.5, 0.6) is 5.75 Å². The van der Waals surface area contributed by atoms with Gasteiger partial charge in [0.25, 0.3) is 0 Å². The summed E-state index contributed by atoms with van der Waals surface area (Å²) in [5.41, 5.74) is 0.533. The van der Waals surface area contributed by atoms with Crippen LogP contribution in [0.25, 0.3) is 10.9 Å². The maximum Gasteiger partial charge on any atom is 0.180 e. The topological polar surface area (TPSA) is 37.9 Å². The summed E-state index contributed by atoms with van der Waals surface area (Å²) in [7, 11) is -2.54. The quantitative estimate of drug-likeness (QED) is 0.692. The fourth-order valence-corrected chi connectivity index (χ4v) is 1.25. The van der Waals surface area contributed by atoms with E-state index in [0.717, 1.165) is 5.39 Å². The molecule has 2 aromatic heterocycles. The number of aromatic amines is 1. The third-order valence-electron chi connectivity index (χ3n) is 1.61. The number of hydrogen-bond donors (Lipinski definition) is 1. The molecule has 0 atom stereocenters. The molecule has 1 N–H and O–H groups in total. The second-order valence-corrected chi connectivity index (χ2v) is 2.65. The molecule has 0 spiro atoms. The fourth-order valence-electron chi connectivity index (χ4n) is 1.07. The van der Waals surface area contributed by atoms with E-state index in [4.69, 9.17) is 20.5 Å². The SMILES string of the molecule is [2H]C([2H])([2H])Oc1c(Cl)ncc2cc[nH]c12. The summed E-state index contributed by atoms with van der Waals surface area (Å²) in [4.78, 5) is 6.69. The first-order valence-electron chi connectivity index (χ1n) is 4.78. The van der Waals surface area contributed by atoms with Crippen molar-refractivity contribution in [3.05, 3.63) is 23.6 Å². The van der Waals surface area contributed by atoms with Gasteiger partial charge in [0, 0.05) is 17.8 Å². The van der Waals surface area contributed by atoms with E-state index in [1.807, 2.05) is 0 Å². The maximum atomic E-state index is 7.01. The zero-order valence-electron chi connectivity index (χ0n) is 8.97. The molecule has 0 aliphatic heterocycles. The Morgan fingerprint density at radius 1 is 1.75 bits per heavy atom. The van der Waals surface area contributed by atoms with E-state index >= 15 is 0 Å². The van der Waals surface area contributed by atoms with Crippen molar-refractivity contribution in [3.8, 4) is 5.75 Å². The molecule has 0 fully saturated rings. The van der Waals surface area contributed by atoms with E-state index in [0.29, 0.717) is 5.52 Å². The molecule has 0 amide bonds. The van der Waals surface area contributed by atoms with Gasteiger partial charge in [-0.2, -0.15) is 0 Å². The van der Waals surface area contributed by atoms with Crippen molar-refractivity contribution in [3.63, 3.8) is 0 Å². The Bertz CT molecular complexity index is 494. The molecule has 0 unspecified atom stereocenters. The molecule has 2 rings (SSSR count). The van der Waals surface area contributed by atoms with Crippen molar-refractivity contribution in [1.82, 2.24) is 9.97 Å². The number of methoxy groups -OCH3 is 1. The van der Waals surface area contributed by atoms with Gasteiger partial charge < -0.3 is 9.72 Å². The van der Waals surface area contributed by atoms with E-state index < -0.39 is 7.04 Å². The lowest BCUT2D eigenvalue weighted by Gasteiger charge is -2.02. The Hall–Kier alpha value is -1.22. The van der Waals surface area contributed by atoms with Crippen molar-refractivity contribution >= 4 is 22.5 Å². The monoisotopic (exact) mass is 185 g/mol. The maximum absolute atomic E-state index is 7.01. The molecule has 0 radical (unpaired) electrons. The first-order valence-corrected chi connectivity index (χ1v) is 3.66. The Morgan fingerprint density at radius 3 is 3.50 bits per heavy atom. The predicted octanol–water partition coefficient (Wildman–Crippen LogP) is 2.22. The van der Waals surface area contributed by atoms with Crippen LogP contribution >= 0.6 is 11.6 Å². The average Bonchev–Trinajstić information content (AvgIpc) is 2.56. The minimum absolute atomic E-state index is 0.0288. The Kier molecular flexibility index (Phi) is 1.05. The van der Waals surface area contributed by atoms with Gasteiger partial charge in [-0.15, -0.1) is 0 Å². The third kappa shape index (κ3) is 0.940. The highest BCUT2D eigenvalue weighted by atomic mass is 35.5. The summed E-state index contributed by atoms with van der Waals surface area (Å²) in [6.45, 7) is 0. The van der Waals surface area contributed by atoms with Gasteiger partial charge in [-0.3, -0.25) is 0 Å². The molecular formula is C8H7ClN2O. The van der Waals surface area contributed by atoms with Crippen molar-refractivity contribution in [2.75, 3.05) is 7.04 Å². The normalized spacial score (nSPS) is 15.2. The molecule has 0 saturated carbocycles. The van der Waals surface area contributed by atoms with Gasteiger partial charge in [0.1, 0.15) is 0 Å². The van der Waals surface area contributed by atoms with Crippen molar-refractivity contribution < 1.29 is 8.85 Å². The summed E-state index contributed by atoms with van der Waals surface area (Å²) in [5, 5.41) is 0.778. The molecular weight excluding hydrogens is 176 g/mol. The van der Waals surface area contributed by atoms with Crippen molar-refractivity contribution in [1.29, 1.82) is 0 Å². The van der Waals surface area contributed by atoms with Crippen LogP contribution in [-0.2, 0) is 0 Å². The molecule has 3 nitrogen and oxygen atoms in total. The Balaban J connectivity index is 2.56. The van der Waals surface area contributed by atoms with Gasteiger partial charge in [0.15, 0.2) is 10.9 Å². The van der Waals surface area contributed by atoms with Crippen molar-refractivity contribution in [2.45, 2.75) is 0 Å². The Labute approximate surface area is 78.5 Å². The molecule has 0 aliphatic rings. The van der Waals surface area contributed by atoms with Crippen molar-refractivity contribution in [2.24, 2.45) is 0 Å². The lowest BCUT2D eigenvalue weighted by Crippen LogP contribution is -1.87. The van der Waals surface area contributed by atoms with Gasteiger partial charge in [-0.25, -0.2) is 4.98 Å². The third-order valence-corrected chi connectivity index (χ3v) is 1.88. The number of aromatic nitrogens is 2. The van der Waals surface area contributed by atoms with E-state index in [-0.39, 0.29) is 10.9 Å². The van der Waals surface area contributed by atoms with Crippen LogP contribution < -0.4 is 4.74 Å². The van der Waals surface area contributed by atoms with Gasteiger partial charge in [0.05, 0.1) is 16.7 Å². The number of hydrogen-bond acceptors (Lipinski definition) is 2. The number of pyridine rings is 1. The smallest absolute Gasteiger partial charge is 0.180 e. The zero-order chi connectivity index (χ0) is 11.1. The first kappa shape index (κ1) is 4.72. The molecule has 0 aromatic carbocycles. The minimum atomic E-state index is -2.54. The summed E-state index contributed by atoms with van der Waals surface area (Å²) in [6.07, 6.45) is 3.20. The molecule has 0 saturated heterocycles. The summed E-state index contributed by atoms with van der Waals surface area (Å²) in [6, 6.07) is 1.75. The van der Waals surface area contributed by atoms with Gasteiger partial charge in [0.2, 0.25) is 0 Å². The summed E-state index contributed by atoms with van der Waals surface area (Å²) in [5.74, 6) is 0.0548. The zero-order valence-corrected chi connectivity index (χ0v) is 6.72. The number of ether oxygens (including phenoxy) is 1. The number of nitrogens with zero attached hydrogens (tertiary/aromatic N) is 1. The second-order valence-electron chi connectivity index (χ2n) is 2.29. The average molecular weight is 186 g/mol. The van der Waals surface area contributed by atoms with Crippen LogP contribution in [0.4, 0.5) is 0 Å². The fraction of sp³-hybridized carbons (Fsp3) is 0.125. The van der Waals surface area contributed by atoms with Crippen LogP contribution in [0, 0.1) is 0 Å². The highest BCUT2D eigenvalue weighted by Gasteiger charge is 2.07. The Morgan fingerprint density at radius 2 is 2.67 bits per heavy atom. The predicted molar refractivity (Wildman–Crippen MR) is 47.7 cm³/mol.